The monoisotopic (exact) mass is 444 g/mol. The zero-order valence-electron chi connectivity index (χ0n) is 17.5. The number of hydrogen-bond donors (Lipinski definition) is 3. The normalized spacial score (nSPS) is 13.4. The number of alkyl carbamates (subject to hydrolysis) is 1. The Morgan fingerprint density at radius 2 is 1.70 bits per heavy atom. The number of carbonyl (C=O) groups is 2. The van der Waals surface area contributed by atoms with Crippen molar-refractivity contribution in [2.45, 2.75) is 18.4 Å². The SMILES string of the molecule is O=C(N[C@H](Cc1c[nH]c2cc(F)ccc12)C(=O)O)OCC1c2ccccc2-c2ccccc21. The number of carbonyl (C=O) groups excluding carboxylic acids is 1. The van der Waals surface area contributed by atoms with E-state index in [2.05, 4.69) is 10.3 Å². The molecule has 1 heterocycles. The van der Waals surface area contributed by atoms with E-state index in [1.165, 1.54) is 12.1 Å². The largest absolute Gasteiger partial charge is 0.480 e. The average molecular weight is 444 g/mol. The summed E-state index contributed by atoms with van der Waals surface area (Å²) < 4.78 is 18.9. The van der Waals surface area contributed by atoms with Gasteiger partial charge in [-0.1, -0.05) is 48.5 Å². The summed E-state index contributed by atoms with van der Waals surface area (Å²) in [7, 11) is 0. The van der Waals surface area contributed by atoms with Crippen LogP contribution in [0.25, 0.3) is 22.0 Å². The lowest BCUT2D eigenvalue weighted by Crippen LogP contribution is -2.42. The number of amides is 1. The van der Waals surface area contributed by atoms with Gasteiger partial charge < -0.3 is 20.1 Å². The number of carboxylic acids is 1. The Balaban J connectivity index is 1.28. The quantitative estimate of drug-likeness (QED) is 0.397. The fourth-order valence-electron chi connectivity index (χ4n) is 4.53. The second kappa shape index (κ2) is 8.43. The predicted octanol–water partition coefficient (Wildman–Crippen LogP) is 4.84. The van der Waals surface area contributed by atoms with Crippen molar-refractivity contribution in [2.75, 3.05) is 6.61 Å². The van der Waals surface area contributed by atoms with Gasteiger partial charge in [0.1, 0.15) is 18.5 Å². The minimum Gasteiger partial charge on any atom is -0.480 e. The van der Waals surface area contributed by atoms with Crippen molar-refractivity contribution >= 4 is 23.0 Å². The van der Waals surface area contributed by atoms with E-state index in [4.69, 9.17) is 4.74 Å². The number of hydrogen-bond acceptors (Lipinski definition) is 3. The van der Waals surface area contributed by atoms with Crippen LogP contribution in [0.4, 0.5) is 9.18 Å². The molecule has 0 saturated heterocycles. The molecule has 1 aromatic heterocycles. The first-order chi connectivity index (χ1) is 16.0. The van der Waals surface area contributed by atoms with Gasteiger partial charge in [0.05, 0.1) is 0 Å². The summed E-state index contributed by atoms with van der Waals surface area (Å²) in [6.45, 7) is 0.0958. The van der Waals surface area contributed by atoms with Crippen molar-refractivity contribution < 1.29 is 23.8 Å². The topological polar surface area (TPSA) is 91.4 Å². The Morgan fingerprint density at radius 1 is 1.03 bits per heavy atom. The van der Waals surface area contributed by atoms with E-state index >= 15 is 0 Å². The number of halogens is 1. The Kier molecular flexibility index (Phi) is 5.30. The second-order valence-corrected chi connectivity index (χ2v) is 8.07. The summed E-state index contributed by atoms with van der Waals surface area (Å²) in [5, 5.41) is 12.8. The van der Waals surface area contributed by atoms with Crippen LogP contribution in [0.2, 0.25) is 0 Å². The Bertz CT molecular complexity index is 1320. The van der Waals surface area contributed by atoms with Gasteiger partial charge in [0.15, 0.2) is 0 Å². The van der Waals surface area contributed by atoms with Crippen molar-refractivity contribution in [2.24, 2.45) is 0 Å². The zero-order valence-corrected chi connectivity index (χ0v) is 17.5. The summed E-state index contributed by atoms with van der Waals surface area (Å²) in [6, 6.07) is 19.0. The van der Waals surface area contributed by atoms with E-state index in [0.717, 1.165) is 22.3 Å². The van der Waals surface area contributed by atoms with Gasteiger partial charge >= 0.3 is 12.1 Å². The molecule has 0 fully saturated rings. The minimum absolute atomic E-state index is 0.0329. The molecule has 5 rings (SSSR count). The van der Waals surface area contributed by atoms with Crippen molar-refractivity contribution in [3.05, 3.63) is 95.4 Å². The molecule has 166 valence electrons. The summed E-state index contributed by atoms with van der Waals surface area (Å²) in [4.78, 5) is 27.3. The van der Waals surface area contributed by atoms with Gasteiger partial charge in [0.25, 0.3) is 0 Å². The Labute approximate surface area is 189 Å². The standard InChI is InChI=1S/C26H21FN2O4/c27-16-9-10-17-15(13-28-23(17)12-16)11-24(25(30)31)29-26(32)33-14-22-20-7-3-1-5-18(20)19-6-2-4-8-21(19)22/h1-10,12-13,22,24,28H,11,14H2,(H,29,32)(H,30,31)/t24-/m1/s1. The van der Waals surface area contributed by atoms with Gasteiger partial charge in [-0.25, -0.2) is 14.0 Å². The fraction of sp³-hybridized carbons (Fsp3) is 0.154. The zero-order chi connectivity index (χ0) is 22.9. The number of benzene rings is 3. The first-order valence-corrected chi connectivity index (χ1v) is 10.6. The highest BCUT2D eigenvalue weighted by Crippen LogP contribution is 2.44. The molecule has 6 nitrogen and oxygen atoms in total. The number of ether oxygens (including phenoxy) is 1. The smallest absolute Gasteiger partial charge is 0.407 e. The maximum atomic E-state index is 13.4. The molecule has 33 heavy (non-hydrogen) atoms. The minimum atomic E-state index is -1.19. The van der Waals surface area contributed by atoms with Gasteiger partial charge in [-0.3, -0.25) is 0 Å². The molecule has 7 heteroatoms. The molecule has 0 aliphatic heterocycles. The molecule has 1 amide bonds. The van der Waals surface area contributed by atoms with E-state index < -0.39 is 18.1 Å². The molecular formula is C26H21FN2O4. The third-order valence-electron chi connectivity index (χ3n) is 6.09. The van der Waals surface area contributed by atoms with Gasteiger partial charge in [-0.15, -0.1) is 0 Å². The number of rotatable bonds is 6. The highest BCUT2D eigenvalue weighted by atomic mass is 19.1. The molecule has 0 saturated carbocycles. The number of fused-ring (bicyclic) bond motifs is 4. The number of aliphatic carboxylic acids is 1. The van der Waals surface area contributed by atoms with E-state index in [9.17, 15) is 19.1 Å². The average Bonchev–Trinajstić information content (AvgIpc) is 3.35. The van der Waals surface area contributed by atoms with E-state index in [1.807, 2.05) is 48.5 Å². The molecule has 0 spiro atoms. The fourth-order valence-corrected chi connectivity index (χ4v) is 4.53. The highest BCUT2D eigenvalue weighted by molar-refractivity contribution is 5.86. The van der Waals surface area contributed by atoms with Gasteiger partial charge in [0, 0.05) is 29.4 Å². The van der Waals surface area contributed by atoms with Crippen LogP contribution in [-0.2, 0) is 16.0 Å². The summed E-state index contributed by atoms with van der Waals surface area (Å²) in [5.41, 5.74) is 5.61. The van der Waals surface area contributed by atoms with Crippen molar-refractivity contribution in [1.29, 1.82) is 0 Å². The molecule has 1 aliphatic carbocycles. The number of nitrogens with one attached hydrogen (secondary N) is 2. The van der Waals surface area contributed by atoms with Crippen LogP contribution in [0.5, 0.6) is 0 Å². The Morgan fingerprint density at radius 3 is 2.36 bits per heavy atom. The van der Waals surface area contributed by atoms with E-state index in [-0.39, 0.29) is 24.8 Å². The van der Waals surface area contributed by atoms with Gasteiger partial charge in [-0.2, -0.15) is 0 Å². The number of aromatic amines is 1. The van der Waals surface area contributed by atoms with Crippen LogP contribution in [0.1, 0.15) is 22.6 Å². The molecule has 1 atom stereocenters. The predicted molar refractivity (Wildman–Crippen MR) is 122 cm³/mol. The maximum absolute atomic E-state index is 13.4. The summed E-state index contributed by atoms with van der Waals surface area (Å²) in [5.74, 6) is -1.68. The first-order valence-electron chi connectivity index (χ1n) is 10.6. The molecule has 0 radical (unpaired) electrons. The molecule has 0 bridgehead atoms. The van der Waals surface area contributed by atoms with Crippen molar-refractivity contribution in [3.63, 3.8) is 0 Å². The molecule has 4 aromatic rings. The highest BCUT2D eigenvalue weighted by Gasteiger charge is 2.30. The number of H-pyrrole nitrogens is 1. The number of carboxylic acid groups (broad SMARTS) is 1. The molecule has 1 aliphatic rings. The van der Waals surface area contributed by atoms with Crippen LogP contribution < -0.4 is 5.32 Å². The maximum Gasteiger partial charge on any atom is 0.407 e. The van der Waals surface area contributed by atoms with Crippen LogP contribution in [0.3, 0.4) is 0 Å². The van der Waals surface area contributed by atoms with Crippen LogP contribution in [0, 0.1) is 5.82 Å². The lowest BCUT2D eigenvalue weighted by atomic mass is 9.98. The van der Waals surface area contributed by atoms with Gasteiger partial charge in [-0.05, 0) is 46.0 Å². The third kappa shape index (κ3) is 3.93. The van der Waals surface area contributed by atoms with Crippen molar-refractivity contribution in [3.8, 4) is 11.1 Å². The summed E-state index contributed by atoms with van der Waals surface area (Å²) in [6.07, 6.45) is 0.861. The summed E-state index contributed by atoms with van der Waals surface area (Å²) >= 11 is 0. The second-order valence-electron chi connectivity index (χ2n) is 8.07. The van der Waals surface area contributed by atoms with Crippen LogP contribution >= 0.6 is 0 Å². The lowest BCUT2D eigenvalue weighted by Gasteiger charge is -2.17. The van der Waals surface area contributed by atoms with Gasteiger partial charge in [0.2, 0.25) is 0 Å². The molecule has 3 N–H and O–H groups in total. The molecule has 3 aromatic carbocycles. The van der Waals surface area contributed by atoms with E-state index in [1.54, 1.807) is 12.3 Å². The lowest BCUT2D eigenvalue weighted by molar-refractivity contribution is -0.139. The third-order valence-corrected chi connectivity index (χ3v) is 6.09. The molecule has 0 unspecified atom stereocenters. The number of aromatic nitrogens is 1. The molecular weight excluding hydrogens is 423 g/mol. The first kappa shape index (κ1) is 20.8. The Hall–Kier alpha value is -4.13. The van der Waals surface area contributed by atoms with Crippen LogP contribution in [-0.4, -0.2) is 34.8 Å². The van der Waals surface area contributed by atoms with Crippen molar-refractivity contribution in [1.82, 2.24) is 10.3 Å². The van der Waals surface area contributed by atoms with E-state index in [0.29, 0.717) is 16.5 Å². The van der Waals surface area contributed by atoms with Crippen LogP contribution in [0.15, 0.2) is 72.9 Å².